The molecule has 0 spiro atoms. The first-order valence-corrected chi connectivity index (χ1v) is 9.70. The lowest BCUT2D eigenvalue weighted by Crippen LogP contribution is -1.99. The van der Waals surface area contributed by atoms with Crippen LogP contribution < -0.4 is 0 Å². The van der Waals surface area contributed by atoms with Crippen molar-refractivity contribution in [1.82, 2.24) is 0 Å². The van der Waals surface area contributed by atoms with E-state index in [4.69, 9.17) is 0 Å². The summed E-state index contributed by atoms with van der Waals surface area (Å²) >= 11 is 0. The molecule has 2 atom stereocenters. The second-order valence-electron chi connectivity index (χ2n) is 7.19. The third kappa shape index (κ3) is 14.4. The molecule has 0 aliphatic carbocycles. The number of rotatable bonds is 15. The molecule has 0 fully saturated rings. The van der Waals surface area contributed by atoms with Crippen LogP contribution in [0.25, 0.3) is 0 Å². The second-order valence-corrected chi connectivity index (χ2v) is 7.19. The van der Waals surface area contributed by atoms with E-state index in [0.717, 1.165) is 11.8 Å². The molecule has 122 valence electrons. The summed E-state index contributed by atoms with van der Waals surface area (Å²) in [6, 6.07) is 0. The van der Waals surface area contributed by atoms with Crippen molar-refractivity contribution in [3.63, 3.8) is 0 Å². The van der Waals surface area contributed by atoms with E-state index in [2.05, 4.69) is 27.7 Å². The largest absolute Gasteiger partial charge is 0.0654 e. The van der Waals surface area contributed by atoms with Crippen LogP contribution in [0, 0.1) is 11.8 Å². The number of hydrogen-bond acceptors (Lipinski definition) is 0. The third-order valence-electron chi connectivity index (χ3n) is 4.74. The fourth-order valence-electron chi connectivity index (χ4n) is 3.11. The molecule has 0 aromatic heterocycles. The summed E-state index contributed by atoms with van der Waals surface area (Å²) < 4.78 is 0. The van der Waals surface area contributed by atoms with Crippen molar-refractivity contribution < 1.29 is 0 Å². The van der Waals surface area contributed by atoms with Gasteiger partial charge in [-0.05, 0) is 11.8 Å². The Balaban J connectivity index is 3.26. The third-order valence-corrected chi connectivity index (χ3v) is 4.74. The fourth-order valence-corrected chi connectivity index (χ4v) is 3.11. The highest BCUT2D eigenvalue weighted by molar-refractivity contribution is 4.58. The minimum atomic E-state index is 0.959. The van der Waals surface area contributed by atoms with Crippen LogP contribution in [0.5, 0.6) is 0 Å². The molecule has 0 aromatic carbocycles. The van der Waals surface area contributed by atoms with E-state index in [1.165, 1.54) is 89.9 Å². The van der Waals surface area contributed by atoms with Gasteiger partial charge in [0.2, 0.25) is 0 Å². The Labute approximate surface area is 130 Å². The Morgan fingerprint density at radius 2 is 0.850 bits per heavy atom. The average molecular weight is 283 g/mol. The van der Waals surface area contributed by atoms with Crippen molar-refractivity contribution in [3.05, 3.63) is 0 Å². The van der Waals surface area contributed by atoms with Gasteiger partial charge in [0.15, 0.2) is 0 Å². The molecular formula is C20H42. The fraction of sp³-hybridized carbons (Fsp3) is 1.00. The lowest BCUT2D eigenvalue weighted by Gasteiger charge is -2.14. The van der Waals surface area contributed by atoms with Gasteiger partial charge in [0.1, 0.15) is 0 Å². The summed E-state index contributed by atoms with van der Waals surface area (Å²) in [5.41, 5.74) is 0. The minimum Gasteiger partial charge on any atom is -0.0654 e. The molecule has 0 saturated carbocycles. The van der Waals surface area contributed by atoms with E-state index in [1.54, 1.807) is 0 Å². The Morgan fingerprint density at radius 3 is 1.40 bits per heavy atom. The maximum Gasteiger partial charge on any atom is -0.0443 e. The van der Waals surface area contributed by atoms with Crippen LogP contribution in [0.3, 0.4) is 0 Å². The molecule has 0 rings (SSSR count). The smallest absolute Gasteiger partial charge is 0.0443 e. The molecule has 0 aliphatic rings. The van der Waals surface area contributed by atoms with Crippen LogP contribution in [0.1, 0.15) is 118 Å². The Bertz CT molecular complexity index is 173. The number of hydrogen-bond donors (Lipinski definition) is 0. The Morgan fingerprint density at radius 1 is 0.450 bits per heavy atom. The molecule has 0 heterocycles. The first-order chi connectivity index (χ1) is 9.70. The van der Waals surface area contributed by atoms with Crippen LogP contribution >= 0.6 is 0 Å². The van der Waals surface area contributed by atoms with Crippen molar-refractivity contribution >= 4 is 0 Å². The van der Waals surface area contributed by atoms with E-state index in [0.29, 0.717) is 0 Å². The van der Waals surface area contributed by atoms with Crippen molar-refractivity contribution in [2.45, 2.75) is 118 Å². The van der Waals surface area contributed by atoms with E-state index in [-0.39, 0.29) is 0 Å². The SMILES string of the molecule is CCCCCCCCC[C@@H](C)CCC[C@@H](C)CCCC. The van der Waals surface area contributed by atoms with Gasteiger partial charge in [-0.3, -0.25) is 0 Å². The van der Waals surface area contributed by atoms with Crippen LogP contribution in [0.4, 0.5) is 0 Å². The van der Waals surface area contributed by atoms with Crippen molar-refractivity contribution in [1.29, 1.82) is 0 Å². The van der Waals surface area contributed by atoms with Gasteiger partial charge in [0.05, 0.1) is 0 Å². The van der Waals surface area contributed by atoms with Gasteiger partial charge < -0.3 is 0 Å². The summed E-state index contributed by atoms with van der Waals surface area (Å²) in [5.74, 6) is 1.92. The van der Waals surface area contributed by atoms with Crippen molar-refractivity contribution in [2.75, 3.05) is 0 Å². The molecule has 20 heavy (non-hydrogen) atoms. The van der Waals surface area contributed by atoms with E-state index in [9.17, 15) is 0 Å². The maximum absolute atomic E-state index is 2.47. The zero-order valence-corrected chi connectivity index (χ0v) is 15.1. The van der Waals surface area contributed by atoms with Gasteiger partial charge >= 0.3 is 0 Å². The molecule has 0 heteroatoms. The van der Waals surface area contributed by atoms with E-state index >= 15 is 0 Å². The highest BCUT2D eigenvalue weighted by atomic mass is 14.1. The summed E-state index contributed by atoms with van der Waals surface area (Å²) in [6.45, 7) is 9.51. The molecule has 0 N–H and O–H groups in total. The summed E-state index contributed by atoms with van der Waals surface area (Å²) in [7, 11) is 0. The molecule has 0 aromatic rings. The summed E-state index contributed by atoms with van der Waals surface area (Å²) in [5, 5.41) is 0. The zero-order chi connectivity index (χ0) is 15.1. The Hall–Kier alpha value is 0. The predicted octanol–water partition coefficient (Wildman–Crippen LogP) is 7.76. The van der Waals surface area contributed by atoms with Crippen molar-refractivity contribution in [2.24, 2.45) is 11.8 Å². The normalized spacial score (nSPS) is 14.4. The van der Waals surface area contributed by atoms with E-state index in [1.807, 2.05) is 0 Å². The van der Waals surface area contributed by atoms with Gasteiger partial charge in [-0.15, -0.1) is 0 Å². The lowest BCUT2D eigenvalue weighted by molar-refractivity contribution is 0.394. The van der Waals surface area contributed by atoms with Crippen LogP contribution in [0.15, 0.2) is 0 Å². The summed E-state index contributed by atoms with van der Waals surface area (Å²) in [4.78, 5) is 0. The molecule has 0 amide bonds. The van der Waals surface area contributed by atoms with E-state index < -0.39 is 0 Å². The van der Waals surface area contributed by atoms with Gasteiger partial charge in [-0.1, -0.05) is 118 Å². The maximum atomic E-state index is 2.47. The highest BCUT2D eigenvalue weighted by Gasteiger charge is 2.05. The molecular weight excluding hydrogens is 240 g/mol. The van der Waals surface area contributed by atoms with Gasteiger partial charge in [-0.25, -0.2) is 0 Å². The van der Waals surface area contributed by atoms with Crippen LogP contribution in [-0.4, -0.2) is 0 Å². The first-order valence-electron chi connectivity index (χ1n) is 9.70. The van der Waals surface area contributed by atoms with Gasteiger partial charge in [0, 0.05) is 0 Å². The topological polar surface area (TPSA) is 0 Å². The van der Waals surface area contributed by atoms with Gasteiger partial charge in [-0.2, -0.15) is 0 Å². The predicted molar refractivity (Wildman–Crippen MR) is 94.3 cm³/mol. The molecule has 0 unspecified atom stereocenters. The average Bonchev–Trinajstić information content (AvgIpc) is 2.44. The molecule has 0 radical (unpaired) electrons. The van der Waals surface area contributed by atoms with Crippen LogP contribution in [-0.2, 0) is 0 Å². The number of unbranched alkanes of at least 4 members (excludes halogenated alkanes) is 7. The monoisotopic (exact) mass is 282 g/mol. The quantitative estimate of drug-likeness (QED) is 0.269. The Kier molecular flexibility index (Phi) is 15.4. The van der Waals surface area contributed by atoms with Crippen molar-refractivity contribution in [3.8, 4) is 0 Å². The zero-order valence-electron chi connectivity index (χ0n) is 15.1. The molecule has 0 saturated heterocycles. The minimum absolute atomic E-state index is 0.959. The van der Waals surface area contributed by atoms with Crippen LogP contribution in [0.2, 0.25) is 0 Å². The standard InChI is InChI=1S/C20H42/c1-5-7-9-10-11-12-13-16-20(4)18-14-17-19(3)15-8-6-2/h19-20H,5-18H2,1-4H3/t19-,20+/m0/s1. The molecule has 0 aliphatic heterocycles. The second kappa shape index (κ2) is 15.4. The molecule has 0 nitrogen and oxygen atoms in total. The van der Waals surface area contributed by atoms with Gasteiger partial charge in [0.25, 0.3) is 0 Å². The molecule has 0 bridgehead atoms. The summed E-state index contributed by atoms with van der Waals surface area (Å²) in [6.07, 6.45) is 20.2. The first kappa shape index (κ1) is 20.0. The lowest BCUT2D eigenvalue weighted by atomic mass is 9.92. The highest BCUT2D eigenvalue weighted by Crippen LogP contribution is 2.21.